The number of hydrogen-bond acceptors (Lipinski definition) is 6. The van der Waals surface area contributed by atoms with Crippen LogP contribution in [0.3, 0.4) is 0 Å². The smallest absolute Gasteiger partial charge is 0.329 e. The Bertz CT molecular complexity index is 1900. The van der Waals surface area contributed by atoms with Crippen LogP contribution in [0.1, 0.15) is 23.7 Å². The number of anilines is 1. The van der Waals surface area contributed by atoms with Crippen LogP contribution in [-0.4, -0.2) is 34.0 Å². The summed E-state index contributed by atoms with van der Waals surface area (Å²) in [7, 11) is 3.24. The molecule has 43 heavy (non-hydrogen) atoms. The molecule has 0 saturated heterocycles. The Morgan fingerprint density at radius 1 is 0.884 bits per heavy atom. The van der Waals surface area contributed by atoms with Gasteiger partial charge in [0.2, 0.25) is 0 Å². The minimum Gasteiger partial charge on any atom is -0.493 e. The fraction of sp³-hybridized carbons (Fsp3) is 0.152. The van der Waals surface area contributed by atoms with E-state index in [1.54, 1.807) is 75.2 Å². The number of nitrogens with one attached hydrogen (secondary N) is 2. The summed E-state index contributed by atoms with van der Waals surface area (Å²) in [5.41, 5.74) is 5.06. The molecule has 0 aliphatic carbocycles. The average Bonchev–Trinajstić information content (AvgIpc) is 3.25. The number of ether oxygens (including phenoxy) is 2. The van der Waals surface area contributed by atoms with Crippen molar-refractivity contribution in [1.29, 1.82) is 0 Å². The number of carbonyl (C=O) groups excluding carboxylic acids is 2. The van der Waals surface area contributed by atoms with Crippen molar-refractivity contribution in [3.05, 3.63) is 118 Å². The summed E-state index contributed by atoms with van der Waals surface area (Å²) in [6.45, 7) is 3.72. The third-order valence-corrected chi connectivity index (χ3v) is 7.17. The summed E-state index contributed by atoms with van der Waals surface area (Å²) >= 11 is 0. The quantitative estimate of drug-likeness (QED) is 0.158. The second-order valence-corrected chi connectivity index (χ2v) is 9.82. The van der Waals surface area contributed by atoms with Crippen LogP contribution in [-0.2, 0) is 23.2 Å². The molecule has 0 atom stereocenters. The molecule has 2 amide bonds. The standard InChI is InChI=1S/C33H31N5O5/c1-21(24-17-18-28(29(19-24)42-4)43-20-25-13-10-12-23-11-8-9-16-27(23)25)35-36-32(40)31(39)34-30-22(2)37(3)38(33(30)41)26-14-6-5-7-15-26/h5-19H,20H2,1-4H3,(H,34,39)(H,36,40)/b35-21+. The number of carbonyl (C=O) groups is 2. The fourth-order valence-electron chi connectivity index (χ4n) is 4.72. The molecule has 0 unspecified atom stereocenters. The van der Waals surface area contributed by atoms with Gasteiger partial charge in [0.1, 0.15) is 12.3 Å². The Kier molecular flexibility index (Phi) is 8.38. The van der Waals surface area contributed by atoms with E-state index in [9.17, 15) is 14.4 Å². The molecule has 5 aromatic rings. The van der Waals surface area contributed by atoms with Gasteiger partial charge in [-0.25, -0.2) is 10.1 Å². The van der Waals surface area contributed by atoms with E-state index in [0.717, 1.165) is 16.3 Å². The van der Waals surface area contributed by atoms with Gasteiger partial charge in [-0.05, 0) is 60.5 Å². The van der Waals surface area contributed by atoms with Gasteiger partial charge in [-0.15, -0.1) is 0 Å². The van der Waals surface area contributed by atoms with Crippen molar-refractivity contribution in [3.63, 3.8) is 0 Å². The molecule has 1 aromatic heterocycles. The minimum atomic E-state index is -1.02. The maximum absolute atomic E-state index is 13.0. The van der Waals surface area contributed by atoms with E-state index < -0.39 is 17.4 Å². The Labute approximate surface area is 248 Å². The minimum absolute atomic E-state index is 0.0102. The Morgan fingerprint density at radius 3 is 2.37 bits per heavy atom. The Hall–Kier alpha value is -5.64. The molecule has 2 N–H and O–H groups in total. The number of para-hydroxylation sites is 1. The lowest BCUT2D eigenvalue weighted by Gasteiger charge is -2.13. The monoisotopic (exact) mass is 577 g/mol. The molecular weight excluding hydrogens is 546 g/mol. The van der Waals surface area contributed by atoms with Crippen molar-refractivity contribution in [1.82, 2.24) is 14.8 Å². The highest BCUT2D eigenvalue weighted by Crippen LogP contribution is 2.30. The van der Waals surface area contributed by atoms with Gasteiger partial charge in [-0.3, -0.25) is 19.1 Å². The summed E-state index contributed by atoms with van der Waals surface area (Å²) in [5, 5.41) is 8.76. The zero-order valence-corrected chi connectivity index (χ0v) is 24.3. The zero-order chi connectivity index (χ0) is 30.5. The lowest BCUT2D eigenvalue weighted by Crippen LogP contribution is -2.34. The number of benzene rings is 4. The maximum Gasteiger partial charge on any atom is 0.329 e. The number of hydrazone groups is 1. The zero-order valence-electron chi connectivity index (χ0n) is 24.3. The predicted octanol–water partition coefficient (Wildman–Crippen LogP) is 4.70. The van der Waals surface area contributed by atoms with Gasteiger partial charge < -0.3 is 14.8 Å². The van der Waals surface area contributed by atoms with Gasteiger partial charge in [0, 0.05) is 12.6 Å². The topological polar surface area (TPSA) is 116 Å². The summed E-state index contributed by atoms with van der Waals surface area (Å²) < 4.78 is 14.6. The third-order valence-electron chi connectivity index (χ3n) is 7.17. The molecule has 4 aromatic carbocycles. The maximum atomic E-state index is 13.0. The van der Waals surface area contributed by atoms with Crippen molar-refractivity contribution in [2.45, 2.75) is 20.5 Å². The van der Waals surface area contributed by atoms with E-state index in [0.29, 0.717) is 40.8 Å². The first-order valence-electron chi connectivity index (χ1n) is 13.6. The van der Waals surface area contributed by atoms with Crippen molar-refractivity contribution in [2.75, 3.05) is 12.4 Å². The van der Waals surface area contributed by atoms with Crippen molar-refractivity contribution in [3.8, 4) is 17.2 Å². The molecule has 0 saturated carbocycles. The van der Waals surface area contributed by atoms with Crippen LogP contribution in [0, 0.1) is 6.92 Å². The van der Waals surface area contributed by atoms with Gasteiger partial charge in [0.05, 0.1) is 24.2 Å². The van der Waals surface area contributed by atoms with Gasteiger partial charge in [0.25, 0.3) is 5.56 Å². The molecule has 218 valence electrons. The van der Waals surface area contributed by atoms with E-state index >= 15 is 0 Å². The summed E-state index contributed by atoms with van der Waals surface area (Å²) in [6, 6.07) is 28.5. The molecule has 0 radical (unpaired) electrons. The summed E-state index contributed by atoms with van der Waals surface area (Å²) in [6.07, 6.45) is 0. The highest BCUT2D eigenvalue weighted by Gasteiger charge is 2.21. The first-order valence-corrected chi connectivity index (χ1v) is 13.6. The van der Waals surface area contributed by atoms with Gasteiger partial charge in [0.15, 0.2) is 11.5 Å². The van der Waals surface area contributed by atoms with Gasteiger partial charge in [-0.2, -0.15) is 5.10 Å². The van der Waals surface area contributed by atoms with Crippen molar-refractivity contribution < 1.29 is 19.1 Å². The molecule has 1 heterocycles. The molecule has 10 nitrogen and oxygen atoms in total. The predicted molar refractivity (Wildman–Crippen MR) is 166 cm³/mol. The lowest BCUT2D eigenvalue weighted by atomic mass is 10.1. The number of rotatable bonds is 8. The van der Waals surface area contributed by atoms with Crippen LogP contribution < -0.4 is 25.8 Å². The van der Waals surface area contributed by atoms with E-state index in [4.69, 9.17) is 9.47 Å². The second-order valence-electron chi connectivity index (χ2n) is 9.82. The number of methoxy groups -OCH3 is 1. The number of aromatic nitrogens is 2. The van der Waals surface area contributed by atoms with Crippen LogP contribution in [0.2, 0.25) is 0 Å². The Morgan fingerprint density at radius 2 is 1.60 bits per heavy atom. The van der Waals surface area contributed by atoms with E-state index in [2.05, 4.69) is 34.0 Å². The molecule has 0 aliphatic heterocycles. The van der Waals surface area contributed by atoms with E-state index in [-0.39, 0.29) is 5.69 Å². The first-order chi connectivity index (χ1) is 20.8. The second kappa shape index (κ2) is 12.5. The molecule has 0 fully saturated rings. The normalized spacial score (nSPS) is 11.3. The third kappa shape index (κ3) is 6.03. The largest absolute Gasteiger partial charge is 0.493 e. The number of amides is 2. The molecule has 5 rings (SSSR count). The van der Waals surface area contributed by atoms with E-state index in [1.165, 1.54) is 4.68 Å². The van der Waals surface area contributed by atoms with Crippen LogP contribution >= 0.6 is 0 Å². The van der Waals surface area contributed by atoms with Crippen LogP contribution in [0.4, 0.5) is 5.69 Å². The summed E-state index contributed by atoms with van der Waals surface area (Å²) in [4.78, 5) is 38.3. The number of hydrogen-bond donors (Lipinski definition) is 2. The highest BCUT2D eigenvalue weighted by molar-refractivity contribution is 6.39. The SMILES string of the molecule is COc1cc(/C(C)=N/NC(=O)C(=O)Nc2c(C)n(C)n(-c3ccccc3)c2=O)ccc1OCc1cccc2ccccc12. The van der Waals surface area contributed by atoms with Gasteiger partial charge >= 0.3 is 11.8 Å². The van der Waals surface area contributed by atoms with Crippen LogP contribution in [0.25, 0.3) is 16.5 Å². The van der Waals surface area contributed by atoms with Crippen molar-refractivity contribution >= 4 is 34.0 Å². The fourth-order valence-corrected chi connectivity index (χ4v) is 4.72. The van der Waals surface area contributed by atoms with E-state index in [1.807, 2.05) is 30.3 Å². The van der Waals surface area contributed by atoms with Gasteiger partial charge in [-0.1, -0.05) is 60.7 Å². The summed E-state index contributed by atoms with van der Waals surface area (Å²) in [5.74, 6) is -0.993. The molecular formula is C33H31N5O5. The van der Waals surface area contributed by atoms with Crippen LogP contribution in [0.15, 0.2) is 101 Å². The van der Waals surface area contributed by atoms with Crippen LogP contribution in [0.5, 0.6) is 11.5 Å². The number of nitrogens with zero attached hydrogens (tertiary/aromatic N) is 3. The molecule has 10 heteroatoms. The Balaban J connectivity index is 1.25. The highest BCUT2D eigenvalue weighted by atomic mass is 16.5. The molecule has 0 aliphatic rings. The van der Waals surface area contributed by atoms with Crippen molar-refractivity contribution in [2.24, 2.45) is 12.1 Å². The average molecular weight is 578 g/mol. The first kappa shape index (κ1) is 28.9. The molecule has 0 spiro atoms. The number of fused-ring (bicyclic) bond motifs is 1. The molecule has 0 bridgehead atoms. The lowest BCUT2D eigenvalue weighted by molar-refractivity contribution is -0.136.